The van der Waals surface area contributed by atoms with Gasteiger partial charge >= 0.3 is 0 Å². The lowest BCUT2D eigenvalue weighted by atomic mass is 9.85. The van der Waals surface area contributed by atoms with Gasteiger partial charge in [0, 0.05) is 23.7 Å². The van der Waals surface area contributed by atoms with Gasteiger partial charge in [-0.15, -0.1) is 0 Å². The zero-order valence-electron chi connectivity index (χ0n) is 11.7. The summed E-state index contributed by atoms with van der Waals surface area (Å²) in [5.41, 5.74) is 6.33. The molecule has 1 aromatic carbocycles. The van der Waals surface area contributed by atoms with Crippen LogP contribution >= 0.6 is 0 Å². The van der Waals surface area contributed by atoms with E-state index in [4.69, 9.17) is 10.5 Å². The number of amides is 1. The molecule has 1 aromatic rings. The number of nitrogens with two attached hydrogens (primary N) is 1. The smallest absolute Gasteiger partial charge is 0.227 e. The molecule has 3 N–H and O–H groups in total. The number of benzene rings is 1. The topological polar surface area (TPSA) is 64.3 Å². The van der Waals surface area contributed by atoms with E-state index in [0.717, 1.165) is 19.3 Å². The molecule has 0 aliphatic heterocycles. The van der Waals surface area contributed by atoms with Crippen molar-refractivity contribution < 1.29 is 13.9 Å². The number of hydrogen-bond acceptors (Lipinski definition) is 3. The summed E-state index contributed by atoms with van der Waals surface area (Å²) >= 11 is 0. The van der Waals surface area contributed by atoms with Crippen LogP contribution in [-0.2, 0) is 4.79 Å². The van der Waals surface area contributed by atoms with Crippen LogP contribution in [0, 0.1) is 11.7 Å². The van der Waals surface area contributed by atoms with Crippen molar-refractivity contribution >= 4 is 11.6 Å². The highest BCUT2D eigenvalue weighted by atomic mass is 19.1. The summed E-state index contributed by atoms with van der Waals surface area (Å²) < 4.78 is 18.8. The second-order valence-corrected chi connectivity index (χ2v) is 5.19. The molecule has 5 heteroatoms. The van der Waals surface area contributed by atoms with E-state index in [1.165, 1.54) is 12.1 Å². The fourth-order valence-electron chi connectivity index (χ4n) is 2.56. The van der Waals surface area contributed by atoms with Crippen molar-refractivity contribution in [3.8, 4) is 5.75 Å². The molecule has 110 valence electrons. The number of nitrogens with one attached hydrogen (secondary N) is 1. The fraction of sp³-hybridized carbons (Fsp3) is 0.533. The van der Waals surface area contributed by atoms with E-state index in [-0.39, 0.29) is 23.6 Å². The van der Waals surface area contributed by atoms with Crippen molar-refractivity contribution in [1.82, 2.24) is 0 Å². The summed E-state index contributed by atoms with van der Waals surface area (Å²) in [6, 6.07) is 4.55. The SMILES string of the molecule is CCOc1ccc(NC(=O)C2CCCC(N)C2)cc1F. The predicted molar refractivity (Wildman–Crippen MR) is 76.1 cm³/mol. The average Bonchev–Trinajstić information content (AvgIpc) is 2.42. The normalized spacial score (nSPS) is 22.4. The zero-order valence-corrected chi connectivity index (χ0v) is 11.7. The van der Waals surface area contributed by atoms with Crippen molar-refractivity contribution in [1.29, 1.82) is 0 Å². The molecule has 0 saturated heterocycles. The van der Waals surface area contributed by atoms with Gasteiger partial charge in [-0.2, -0.15) is 0 Å². The van der Waals surface area contributed by atoms with Crippen LogP contribution in [0.5, 0.6) is 5.75 Å². The van der Waals surface area contributed by atoms with E-state index in [1.807, 2.05) is 0 Å². The summed E-state index contributed by atoms with van der Waals surface area (Å²) in [6.07, 6.45) is 3.49. The summed E-state index contributed by atoms with van der Waals surface area (Å²) in [7, 11) is 0. The van der Waals surface area contributed by atoms with Crippen LogP contribution in [0.15, 0.2) is 18.2 Å². The van der Waals surface area contributed by atoms with Crippen LogP contribution in [0.2, 0.25) is 0 Å². The molecule has 2 unspecified atom stereocenters. The van der Waals surface area contributed by atoms with Gasteiger partial charge in [0.05, 0.1) is 6.61 Å². The first-order valence-electron chi connectivity index (χ1n) is 7.09. The predicted octanol–water partition coefficient (Wildman–Crippen LogP) is 2.68. The van der Waals surface area contributed by atoms with Crippen molar-refractivity contribution in [3.05, 3.63) is 24.0 Å². The molecule has 1 aliphatic carbocycles. The molecule has 0 bridgehead atoms. The maximum absolute atomic E-state index is 13.7. The van der Waals surface area contributed by atoms with Crippen molar-refractivity contribution in [2.24, 2.45) is 11.7 Å². The van der Waals surface area contributed by atoms with Gasteiger partial charge in [0.25, 0.3) is 0 Å². The molecule has 0 spiro atoms. The van der Waals surface area contributed by atoms with Crippen LogP contribution in [0.1, 0.15) is 32.6 Å². The minimum absolute atomic E-state index is 0.0756. The second kappa shape index (κ2) is 6.70. The van der Waals surface area contributed by atoms with Crippen molar-refractivity contribution in [3.63, 3.8) is 0 Å². The first-order valence-corrected chi connectivity index (χ1v) is 7.09. The molecule has 0 radical (unpaired) electrons. The number of carbonyl (C=O) groups is 1. The first-order chi connectivity index (χ1) is 9.60. The molecule has 2 rings (SSSR count). The molecule has 1 aliphatic rings. The Morgan fingerprint density at radius 1 is 1.50 bits per heavy atom. The Morgan fingerprint density at radius 2 is 2.30 bits per heavy atom. The van der Waals surface area contributed by atoms with Gasteiger partial charge in [0.1, 0.15) is 0 Å². The minimum Gasteiger partial charge on any atom is -0.491 e. The van der Waals surface area contributed by atoms with E-state index in [0.29, 0.717) is 18.7 Å². The van der Waals surface area contributed by atoms with Gasteiger partial charge in [0.15, 0.2) is 11.6 Å². The second-order valence-electron chi connectivity index (χ2n) is 5.19. The maximum Gasteiger partial charge on any atom is 0.227 e. The highest BCUT2D eigenvalue weighted by molar-refractivity contribution is 5.92. The van der Waals surface area contributed by atoms with Crippen molar-refractivity contribution in [2.45, 2.75) is 38.6 Å². The van der Waals surface area contributed by atoms with Crippen molar-refractivity contribution in [2.75, 3.05) is 11.9 Å². The number of ether oxygens (including phenoxy) is 1. The minimum atomic E-state index is -0.468. The lowest BCUT2D eigenvalue weighted by Gasteiger charge is -2.25. The van der Waals surface area contributed by atoms with E-state index >= 15 is 0 Å². The average molecular weight is 280 g/mol. The lowest BCUT2D eigenvalue weighted by Crippen LogP contribution is -2.34. The molecule has 0 heterocycles. The Labute approximate surface area is 118 Å². The van der Waals surface area contributed by atoms with Crippen LogP contribution in [0.4, 0.5) is 10.1 Å². The van der Waals surface area contributed by atoms with Gasteiger partial charge < -0.3 is 15.8 Å². The standard InChI is InChI=1S/C15H21FN2O2/c1-2-20-14-7-6-12(9-13(14)16)18-15(19)10-4-3-5-11(17)8-10/h6-7,9-11H,2-5,8,17H2,1H3,(H,18,19). The Kier molecular flexibility index (Phi) is 4.95. The monoisotopic (exact) mass is 280 g/mol. The van der Waals surface area contributed by atoms with Crippen LogP contribution < -0.4 is 15.8 Å². The highest BCUT2D eigenvalue weighted by Gasteiger charge is 2.25. The largest absolute Gasteiger partial charge is 0.491 e. The number of rotatable bonds is 4. The highest BCUT2D eigenvalue weighted by Crippen LogP contribution is 2.26. The quantitative estimate of drug-likeness (QED) is 0.891. The van der Waals surface area contributed by atoms with E-state index < -0.39 is 5.82 Å². The van der Waals surface area contributed by atoms with Crippen LogP contribution in [0.25, 0.3) is 0 Å². The third-order valence-corrected chi connectivity index (χ3v) is 3.58. The maximum atomic E-state index is 13.7. The van der Waals surface area contributed by atoms with Gasteiger partial charge in [-0.1, -0.05) is 6.42 Å². The number of carbonyl (C=O) groups excluding carboxylic acids is 1. The molecule has 2 atom stereocenters. The number of halogens is 1. The third-order valence-electron chi connectivity index (χ3n) is 3.58. The molecule has 1 fully saturated rings. The third kappa shape index (κ3) is 3.70. The van der Waals surface area contributed by atoms with Crippen LogP contribution in [0.3, 0.4) is 0 Å². The Morgan fingerprint density at radius 3 is 2.95 bits per heavy atom. The Balaban J connectivity index is 1.98. The zero-order chi connectivity index (χ0) is 14.5. The number of anilines is 1. The van der Waals surface area contributed by atoms with E-state index in [2.05, 4.69) is 5.32 Å². The summed E-state index contributed by atoms with van der Waals surface area (Å²) in [5.74, 6) is -0.424. The summed E-state index contributed by atoms with van der Waals surface area (Å²) in [5, 5.41) is 2.75. The summed E-state index contributed by atoms with van der Waals surface area (Å²) in [6.45, 7) is 2.20. The molecule has 4 nitrogen and oxygen atoms in total. The first kappa shape index (κ1) is 14.8. The Bertz CT molecular complexity index is 479. The van der Waals surface area contributed by atoms with Crippen LogP contribution in [-0.4, -0.2) is 18.6 Å². The molecule has 0 aromatic heterocycles. The molecule has 20 heavy (non-hydrogen) atoms. The molecular weight excluding hydrogens is 259 g/mol. The summed E-state index contributed by atoms with van der Waals surface area (Å²) in [4.78, 5) is 12.1. The Hall–Kier alpha value is -1.62. The van der Waals surface area contributed by atoms with Gasteiger partial charge in [0.2, 0.25) is 5.91 Å². The van der Waals surface area contributed by atoms with Gasteiger partial charge in [-0.3, -0.25) is 4.79 Å². The number of hydrogen-bond donors (Lipinski definition) is 2. The fourth-order valence-corrected chi connectivity index (χ4v) is 2.56. The molecule has 1 amide bonds. The molecule has 1 saturated carbocycles. The lowest BCUT2D eigenvalue weighted by molar-refractivity contribution is -0.120. The molecular formula is C15H21FN2O2. The van der Waals surface area contributed by atoms with E-state index in [1.54, 1.807) is 13.0 Å². The van der Waals surface area contributed by atoms with Gasteiger partial charge in [-0.05, 0) is 38.3 Å². The van der Waals surface area contributed by atoms with E-state index in [9.17, 15) is 9.18 Å². The van der Waals surface area contributed by atoms with Gasteiger partial charge in [-0.25, -0.2) is 4.39 Å².